The number of sulfone groups is 1. The SMILES string of the molecule is CC(C)(C)S(=O)(=O)CCn1ccc(CNC2CC2)c1. The van der Waals surface area contributed by atoms with Crippen molar-refractivity contribution in [3.8, 4) is 0 Å². The van der Waals surface area contributed by atoms with E-state index in [2.05, 4.69) is 11.4 Å². The summed E-state index contributed by atoms with van der Waals surface area (Å²) in [5.74, 6) is 0.195. The fourth-order valence-electron chi connectivity index (χ4n) is 1.82. The van der Waals surface area contributed by atoms with Crippen molar-refractivity contribution in [1.29, 1.82) is 0 Å². The van der Waals surface area contributed by atoms with Crippen LogP contribution in [0.15, 0.2) is 18.5 Å². The van der Waals surface area contributed by atoms with Gasteiger partial charge in [-0.15, -0.1) is 0 Å². The van der Waals surface area contributed by atoms with Gasteiger partial charge in [0.25, 0.3) is 0 Å². The van der Waals surface area contributed by atoms with Crippen LogP contribution in [0.1, 0.15) is 39.2 Å². The largest absolute Gasteiger partial charge is 0.353 e. The molecule has 0 spiro atoms. The van der Waals surface area contributed by atoms with Gasteiger partial charge in [0.2, 0.25) is 0 Å². The molecule has 4 nitrogen and oxygen atoms in total. The lowest BCUT2D eigenvalue weighted by Crippen LogP contribution is -2.31. The van der Waals surface area contributed by atoms with E-state index in [0.29, 0.717) is 12.6 Å². The zero-order chi connectivity index (χ0) is 14.1. The Morgan fingerprint density at radius 2 is 2.05 bits per heavy atom. The summed E-state index contributed by atoms with van der Waals surface area (Å²) < 4.78 is 25.4. The van der Waals surface area contributed by atoms with Crippen LogP contribution in [0, 0.1) is 0 Å². The topological polar surface area (TPSA) is 51.1 Å². The van der Waals surface area contributed by atoms with Gasteiger partial charge < -0.3 is 9.88 Å². The molecule has 2 rings (SSSR count). The van der Waals surface area contributed by atoms with E-state index in [4.69, 9.17) is 0 Å². The number of rotatable bonds is 6. The first-order valence-corrected chi connectivity index (χ1v) is 8.53. The van der Waals surface area contributed by atoms with Crippen molar-refractivity contribution in [3.63, 3.8) is 0 Å². The number of hydrogen-bond acceptors (Lipinski definition) is 3. The van der Waals surface area contributed by atoms with Crippen molar-refractivity contribution in [2.45, 2.75) is 57.5 Å². The molecule has 0 amide bonds. The van der Waals surface area contributed by atoms with Crippen LogP contribution >= 0.6 is 0 Å². The molecule has 0 aliphatic heterocycles. The summed E-state index contributed by atoms with van der Waals surface area (Å²) >= 11 is 0. The molecule has 0 atom stereocenters. The molecule has 1 N–H and O–H groups in total. The van der Waals surface area contributed by atoms with Gasteiger partial charge >= 0.3 is 0 Å². The highest BCUT2D eigenvalue weighted by Gasteiger charge is 2.28. The van der Waals surface area contributed by atoms with Gasteiger partial charge in [-0.2, -0.15) is 0 Å². The number of nitrogens with one attached hydrogen (secondary N) is 1. The normalized spacial score (nSPS) is 16.8. The summed E-state index contributed by atoms with van der Waals surface area (Å²) in [5.41, 5.74) is 1.22. The third-order valence-corrected chi connectivity index (χ3v) is 6.12. The van der Waals surface area contributed by atoms with E-state index in [1.165, 1.54) is 18.4 Å². The van der Waals surface area contributed by atoms with Crippen molar-refractivity contribution in [1.82, 2.24) is 9.88 Å². The highest BCUT2D eigenvalue weighted by Crippen LogP contribution is 2.19. The molecule has 5 heteroatoms. The van der Waals surface area contributed by atoms with Crippen LogP contribution in [-0.2, 0) is 22.9 Å². The first kappa shape index (κ1) is 14.6. The lowest BCUT2D eigenvalue weighted by molar-refractivity contribution is 0.554. The van der Waals surface area contributed by atoms with Crippen molar-refractivity contribution in [2.75, 3.05) is 5.75 Å². The van der Waals surface area contributed by atoms with Crippen molar-refractivity contribution >= 4 is 9.84 Å². The molecule has 0 aromatic carbocycles. The second kappa shape index (κ2) is 5.29. The number of hydrogen-bond donors (Lipinski definition) is 1. The van der Waals surface area contributed by atoms with E-state index in [1.54, 1.807) is 20.8 Å². The number of nitrogens with zero attached hydrogens (tertiary/aromatic N) is 1. The van der Waals surface area contributed by atoms with Gasteiger partial charge in [-0.1, -0.05) is 0 Å². The third-order valence-electron chi connectivity index (χ3n) is 3.54. The smallest absolute Gasteiger partial charge is 0.156 e. The quantitative estimate of drug-likeness (QED) is 0.868. The van der Waals surface area contributed by atoms with Crippen LogP contribution in [-0.4, -0.2) is 29.5 Å². The first-order valence-electron chi connectivity index (χ1n) is 6.88. The third kappa shape index (κ3) is 4.08. The summed E-state index contributed by atoms with van der Waals surface area (Å²) in [5, 5.41) is 3.45. The molecule has 19 heavy (non-hydrogen) atoms. The molecule has 1 saturated carbocycles. The van der Waals surface area contributed by atoms with E-state index < -0.39 is 14.6 Å². The predicted molar refractivity (Wildman–Crippen MR) is 77.8 cm³/mol. The zero-order valence-electron chi connectivity index (χ0n) is 12.0. The minimum atomic E-state index is -3.04. The van der Waals surface area contributed by atoms with Gasteiger partial charge in [0.15, 0.2) is 9.84 Å². The Hall–Kier alpha value is -0.810. The Morgan fingerprint density at radius 3 is 2.63 bits per heavy atom. The van der Waals surface area contributed by atoms with Crippen LogP contribution in [0.5, 0.6) is 0 Å². The molecule has 1 aromatic heterocycles. The van der Waals surface area contributed by atoms with Gasteiger partial charge in [0.05, 0.1) is 10.5 Å². The Balaban J connectivity index is 1.85. The van der Waals surface area contributed by atoms with Crippen LogP contribution in [0.2, 0.25) is 0 Å². The van der Waals surface area contributed by atoms with Crippen LogP contribution < -0.4 is 5.32 Å². The molecule has 108 valence electrons. The molecular formula is C14H24N2O2S. The first-order chi connectivity index (χ1) is 8.78. The van der Waals surface area contributed by atoms with Crippen molar-refractivity contribution in [2.24, 2.45) is 0 Å². The summed E-state index contributed by atoms with van der Waals surface area (Å²) in [7, 11) is -3.04. The maximum Gasteiger partial charge on any atom is 0.156 e. The fraction of sp³-hybridized carbons (Fsp3) is 0.714. The van der Waals surface area contributed by atoms with E-state index in [-0.39, 0.29) is 5.75 Å². The Bertz CT molecular complexity index is 522. The second-order valence-corrected chi connectivity index (χ2v) is 9.21. The predicted octanol–water partition coefficient (Wildman–Crippen LogP) is 1.95. The molecule has 1 aliphatic rings. The van der Waals surface area contributed by atoms with Gasteiger partial charge in [0, 0.05) is 31.5 Å². The minimum Gasteiger partial charge on any atom is -0.353 e. The van der Waals surface area contributed by atoms with E-state index in [1.807, 2.05) is 17.0 Å². The van der Waals surface area contributed by atoms with E-state index in [0.717, 1.165) is 6.54 Å². The van der Waals surface area contributed by atoms with Crippen LogP contribution in [0.25, 0.3) is 0 Å². The molecule has 0 unspecified atom stereocenters. The zero-order valence-corrected chi connectivity index (χ0v) is 12.8. The highest BCUT2D eigenvalue weighted by atomic mass is 32.2. The average Bonchev–Trinajstić information content (AvgIpc) is 3.01. The standard InChI is InChI=1S/C14H24N2O2S/c1-14(2,3)19(17,18)9-8-16-7-6-12(11-16)10-15-13-4-5-13/h6-7,11,13,15H,4-5,8-10H2,1-3H3. The summed E-state index contributed by atoms with van der Waals surface area (Å²) in [6, 6.07) is 2.75. The molecule has 1 heterocycles. The molecule has 1 aliphatic carbocycles. The fourth-order valence-corrected chi connectivity index (χ4v) is 2.88. The average molecular weight is 284 g/mol. The van der Waals surface area contributed by atoms with Crippen molar-refractivity contribution < 1.29 is 8.42 Å². The van der Waals surface area contributed by atoms with Crippen LogP contribution in [0.3, 0.4) is 0 Å². The molecule has 1 fully saturated rings. The number of aromatic nitrogens is 1. The molecule has 0 radical (unpaired) electrons. The minimum absolute atomic E-state index is 0.195. The highest BCUT2D eigenvalue weighted by molar-refractivity contribution is 7.92. The molecule has 0 saturated heterocycles. The maximum absolute atomic E-state index is 12.0. The van der Waals surface area contributed by atoms with Crippen LogP contribution in [0.4, 0.5) is 0 Å². The molecule has 1 aromatic rings. The molecule has 0 bridgehead atoms. The Kier molecular flexibility index (Phi) is 4.06. The van der Waals surface area contributed by atoms with Gasteiger partial charge in [0.1, 0.15) is 0 Å². The van der Waals surface area contributed by atoms with Gasteiger partial charge in [-0.3, -0.25) is 0 Å². The maximum atomic E-state index is 12.0. The summed E-state index contributed by atoms with van der Waals surface area (Å²) in [4.78, 5) is 0. The molecular weight excluding hydrogens is 260 g/mol. The van der Waals surface area contributed by atoms with Gasteiger partial charge in [-0.05, 0) is 45.2 Å². The number of aryl methyl sites for hydroxylation is 1. The van der Waals surface area contributed by atoms with E-state index in [9.17, 15) is 8.42 Å². The summed E-state index contributed by atoms with van der Waals surface area (Å²) in [6.45, 7) is 6.67. The van der Waals surface area contributed by atoms with Gasteiger partial charge in [-0.25, -0.2) is 8.42 Å². The second-order valence-electron chi connectivity index (χ2n) is 6.34. The Labute approximate surface area is 116 Å². The monoisotopic (exact) mass is 284 g/mol. The summed E-state index contributed by atoms with van der Waals surface area (Å²) in [6.07, 6.45) is 6.56. The Morgan fingerprint density at radius 1 is 1.37 bits per heavy atom. The van der Waals surface area contributed by atoms with E-state index >= 15 is 0 Å². The van der Waals surface area contributed by atoms with Crippen molar-refractivity contribution in [3.05, 3.63) is 24.0 Å². The lowest BCUT2D eigenvalue weighted by atomic mass is 10.3. The lowest BCUT2D eigenvalue weighted by Gasteiger charge is -2.19.